The molecule has 1 aliphatic heterocycles. The molecule has 1 rings (SSSR count). The van der Waals surface area contributed by atoms with Gasteiger partial charge in [-0.1, -0.05) is 6.58 Å². The normalized spacial score (nSPS) is 25.3. The van der Waals surface area contributed by atoms with Gasteiger partial charge in [0.25, 0.3) is 0 Å². The maximum Gasteiger partial charge on any atom is 0.0439 e. The van der Waals surface area contributed by atoms with Gasteiger partial charge in [0.2, 0.25) is 0 Å². The molecule has 1 aliphatic rings. The molecule has 0 spiro atoms. The molecule has 0 aromatic carbocycles. The van der Waals surface area contributed by atoms with E-state index in [2.05, 4.69) is 31.1 Å². The van der Waals surface area contributed by atoms with Crippen molar-refractivity contribution >= 4 is 0 Å². The van der Waals surface area contributed by atoms with E-state index in [0.29, 0.717) is 0 Å². The molecule has 0 unspecified atom stereocenters. The molecule has 9 heavy (non-hydrogen) atoms. The van der Waals surface area contributed by atoms with Crippen LogP contribution in [-0.4, -0.2) is 18.6 Å². The van der Waals surface area contributed by atoms with Crippen LogP contribution >= 0.6 is 0 Å². The summed E-state index contributed by atoms with van der Waals surface area (Å²) in [6, 6.07) is 0. The molecule has 2 heteroatoms. The van der Waals surface area contributed by atoms with E-state index in [1.54, 1.807) is 0 Å². The molecule has 56 valence electrons. The highest BCUT2D eigenvalue weighted by Gasteiger charge is 2.20. The number of rotatable bonds is 0. The van der Waals surface area contributed by atoms with Crippen molar-refractivity contribution in [2.24, 2.45) is 0 Å². The largest absolute Gasteiger partial charge is 0.382 e. The number of nitrogens with one attached hydrogen (secondary N) is 2. The smallest absolute Gasteiger partial charge is 0.0439 e. The highest BCUT2D eigenvalue weighted by molar-refractivity contribution is 5.04. The van der Waals surface area contributed by atoms with Crippen molar-refractivity contribution in [1.29, 1.82) is 0 Å². The zero-order chi connectivity index (χ0) is 6.91. The molecular weight excluding hydrogens is 112 g/mol. The molecule has 1 fully saturated rings. The van der Waals surface area contributed by atoms with Crippen LogP contribution in [0, 0.1) is 0 Å². The Morgan fingerprint density at radius 2 is 2.33 bits per heavy atom. The Kier molecular flexibility index (Phi) is 1.49. The first kappa shape index (κ1) is 6.62. The lowest BCUT2D eigenvalue weighted by atomic mass is 10.0. The Bertz CT molecular complexity index is 134. The Morgan fingerprint density at radius 3 is 2.67 bits per heavy atom. The van der Waals surface area contributed by atoms with Crippen LogP contribution in [0.4, 0.5) is 0 Å². The van der Waals surface area contributed by atoms with Gasteiger partial charge in [0.05, 0.1) is 0 Å². The fraction of sp³-hybridized carbons (Fsp3) is 0.714. The molecule has 1 saturated heterocycles. The molecule has 0 atom stereocenters. The minimum absolute atomic E-state index is 0. The average molecular weight is 130 g/mol. The van der Waals surface area contributed by atoms with Gasteiger partial charge in [-0.25, -0.2) is 0 Å². The van der Waals surface area contributed by atoms with E-state index in [-0.39, 0.29) is 8.39 Å². The van der Waals surface area contributed by atoms with E-state index >= 15 is 0 Å². The lowest BCUT2D eigenvalue weighted by molar-refractivity contribution is 0.362. The molecule has 0 saturated carbocycles. The number of hydrogen-bond acceptors (Lipinski definition) is 2. The molecule has 0 radical (unpaired) electrons. The van der Waals surface area contributed by atoms with Crippen molar-refractivity contribution in [1.82, 2.24) is 10.6 Å². The topological polar surface area (TPSA) is 24.1 Å². The van der Waals surface area contributed by atoms with E-state index in [4.69, 9.17) is 0 Å². The predicted molar refractivity (Wildman–Crippen MR) is 43.5 cm³/mol. The van der Waals surface area contributed by atoms with Gasteiger partial charge in [-0.2, -0.15) is 0 Å². The summed E-state index contributed by atoms with van der Waals surface area (Å²) < 4.78 is 0. The first-order valence-corrected chi connectivity index (χ1v) is 3.27. The zero-order valence-corrected chi connectivity index (χ0v) is 6.12. The van der Waals surface area contributed by atoms with Crippen LogP contribution in [-0.2, 0) is 0 Å². The van der Waals surface area contributed by atoms with Gasteiger partial charge >= 0.3 is 0 Å². The number of piperazine rings is 1. The first-order chi connectivity index (χ1) is 4.10. The van der Waals surface area contributed by atoms with Gasteiger partial charge in [0, 0.05) is 27.2 Å². The monoisotopic (exact) mass is 130 g/mol. The minimum atomic E-state index is 0. The van der Waals surface area contributed by atoms with Crippen molar-refractivity contribution in [2.75, 3.05) is 13.1 Å². The summed E-state index contributed by atoms with van der Waals surface area (Å²) >= 11 is 0. The zero-order valence-electron chi connectivity index (χ0n) is 6.12. The standard InChI is InChI=1S/C7H14N2.2H2/c1-6-4-8-5-7(2,3)9-6;;/h8-9H,1,4-5H2,2-3H3;2*1H. The maximum atomic E-state index is 3.84. The third-order valence-corrected chi connectivity index (χ3v) is 1.42. The Labute approximate surface area is 59.3 Å². The predicted octanol–water partition coefficient (Wildman–Crippen LogP) is 0.963. The second-order valence-corrected chi connectivity index (χ2v) is 3.22. The van der Waals surface area contributed by atoms with E-state index < -0.39 is 0 Å². The van der Waals surface area contributed by atoms with Gasteiger partial charge in [-0.15, -0.1) is 0 Å². The van der Waals surface area contributed by atoms with Crippen LogP contribution in [0.2, 0.25) is 0 Å². The van der Waals surface area contributed by atoms with E-state index in [9.17, 15) is 0 Å². The van der Waals surface area contributed by atoms with Crippen LogP contribution in [0.5, 0.6) is 0 Å². The molecule has 0 amide bonds. The maximum absolute atomic E-state index is 3.84. The summed E-state index contributed by atoms with van der Waals surface area (Å²) in [7, 11) is 0. The summed E-state index contributed by atoms with van der Waals surface area (Å²) in [5, 5.41) is 6.56. The van der Waals surface area contributed by atoms with Crippen molar-refractivity contribution in [2.45, 2.75) is 19.4 Å². The average Bonchev–Trinajstić information content (AvgIpc) is 1.60. The molecule has 0 bridgehead atoms. The molecule has 0 aliphatic carbocycles. The SMILES string of the molecule is C=C1CNCC(C)(C)N1.[HH].[HH]. The van der Waals surface area contributed by atoms with Crippen molar-refractivity contribution < 1.29 is 2.85 Å². The second kappa shape index (κ2) is 2.03. The van der Waals surface area contributed by atoms with Crippen LogP contribution in [0.1, 0.15) is 16.7 Å². The van der Waals surface area contributed by atoms with Gasteiger partial charge in [0.1, 0.15) is 0 Å². The summed E-state index contributed by atoms with van der Waals surface area (Å²) in [6.07, 6.45) is 0. The van der Waals surface area contributed by atoms with Gasteiger partial charge in [-0.05, 0) is 13.8 Å². The number of hydrogen-bond donors (Lipinski definition) is 2. The summed E-state index contributed by atoms with van der Waals surface area (Å²) in [5.74, 6) is 0. The lowest BCUT2D eigenvalue weighted by Gasteiger charge is -2.33. The van der Waals surface area contributed by atoms with E-state index in [1.807, 2.05) is 0 Å². The second-order valence-electron chi connectivity index (χ2n) is 3.22. The fourth-order valence-corrected chi connectivity index (χ4v) is 1.09. The summed E-state index contributed by atoms with van der Waals surface area (Å²) in [6.45, 7) is 10.1. The molecule has 0 aromatic rings. The Morgan fingerprint density at radius 1 is 1.67 bits per heavy atom. The molecule has 1 heterocycles. The quantitative estimate of drug-likeness (QED) is 0.510. The van der Waals surface area contributed by atoms with Crippen molar-refractivity contribution in [3.05, 3.63) is 12.3 Å². The molecule has 2 N–H and O–H groups in total. The lowest BCUT2D eigenvalue weighted by Crippen LogP contribution is -2.53. The minimum Gasteiger partial charge on any atom is -0.382 e. The first-order valence-electron chi connectivity index (χ1n) is 3.27. The third kappa shape index (κ3) is 1.72. The Balaban J connectivity index is 0. The van der Waals surface area contributed by atoms with Gasteiger partial charge in [-0.3, -0.25) is 0 Å². The van der Waals surface area contributed by atoms with Crippen molar-refractivity contribution in [3.8, 4) is 0 Å². The fourth-order valence-electron chi connectivity index (χ4n) is 1.09. The highest BCUT2D eigenvalue weighted by atomic mass is 15.1. The van der Waals surface area contributed by atoms with Gasteiger partial charge < -0.3 is 10.6 Å². The van der Waals surface area contributed by atoms with Crippen LogP contribution < -0.4 is 10.6 Å². The highest BCUT2D eigenvalue weighted by Crippen LogP contribution is 2.06. The van der Waals surface area contributed by atoms with Crippen LogP contribution in [0.25, 0.3) is 0 Å². The molecular formula is C7H18N2. The molecule has 0 aromatic heterocycles. The van der Waals surface area contributed by atoms with E-state index in [0.717, 1.165) is 18.8 Å². The van der Waals surface area contributed by atoms with Crippen molar-refractivity contribution in [3.63, 3.8) is 0 Å². The summed E-state index contributed by atoms with van der Waals surface area (Å²) in [4.78, 5) is 0. The van der Waals surface area contributed by atoms with Crippen LogP contribution in [0.3, 0.4) is 0 Å². The van der Waals surface area contributed by atoms with E-state index in [1.165, 1.54) is 0 Å². The van der Waals surface area contributed by atoms with Gasteiger partial charge in [0.15, 0.2) is 0 Å². The third-order valence-electron chi connectivity index (χ3n) is 1.42. The summed E-state index contributed by atoms with van der Waals surface area (Å²) in [5.41, 5.74) is 1.28. The molecule has 2 nitrogen and oxygen atoms in total. The Hall–Kier alpha value is -0.500. The van der Waals surface area contributed by atoms with Crippen LogP contribution in [0.15, 0.2) is 12.3 Å².